The highest BCUT2D eigenvalue weighted by atomic mass is 35.5. The van der Waals surface area contributed by atoms with E-state index < -0.39 is 28.3 Å². The molecule has 3 aliphatic rings. The molecule has 13 heteroatoms. The summed E-state index contributed by atoms with van der Waals surface area (Å²) < 4.78 is 40.5. The van der Waals surface area contributed by atoms with Crippen LogP contribution in [0.4, 0.5) is 5.69 Å². The molecule has 5 atom stereocenters. The monoisotopic (exact) mass is 723 g/mol. The Morgan fingerprint density at radius 3 is 2.80 bits per heavy atom. The number of nitrogens with zero attached hydrogens (tertiary/aromatic N) is 4. The molecule has 1 unspecified atom stereocenters. The minimum Gasteiger partial charge on any atom is -0.490 e. The Hall–Kier alpha value is -3.87. The summed E-state index contributed by atoms with van der Waals surface area (Å²) in [4.78, 5) is 29.1. The quantitative estimate of drug-likeness (QED) is 0.323. The third kappa shape index (κ3) is 7.87. The van der Waals surface area contributed by atoms with E-state index in [2.05, 4.69) is 51.1 Å². The number of hydrogen-bond donors (Lipinski definition) is 1. The Balaban J connectivity index is 1.37. The SMILES string of the molecule is CO[C@H]1/C=C/CCCS(=O)(NC(=O)COc2ccnn2C)=NC(=O)c2ccc3c(c2)N(C[C@H](C)[C@H]1C)C[C@@]1(CCCc2cc(Cl)ccc21)CO3. The number of anilines is 1. The van der Waals surface area contributed by atoms with E-state index in [1.54, 1.807) is 44.6 Å². The summed E-state index contributed by atoms with van der Waals surface area (Å²) >= 11 is 6.44. The molecule has 11 nitrogen and oxygen atoms in total. The number of carbonyl (C=O) groups excluding carboxylic acids is 2. The Labute approximate surface area is 299 Å². The fourth-order valence-corrected chi connectivity index (χ4v) is 9.12. The van der Waals surface area contributed by atoms with Crippen LogP contribution < -0.4 is 19.1 Å². The van der Waals surface area contributed by atoms with Crippen LogP contribution in [0.2, 0.25) is 5.02 Å². The second kappa shape index (κ2) is 15.2. The second-order valence-corrected chi connectivity index (χ2v) is 16.3. The van der Waals surface area contributed by atoms with Gasteiger partial charge in [0.2, 0.25) is 5.88 Å². The Bertz CT molecular complexity index is 1890. The van der Waals surface area contributed by atoms with Crippen LogP contribution in [0.25, 0.3) is 0 Å². The molecule has 3 heterocycles. The van der Waals surface area contributed by atoms with Crippen molar-refractivity contribution < 1.29 is 28.0 Å². The number of hydrogen-bond acceptors (Lipinski definition) is 8. The predicted molar refractivity (Wildman–Crippen MR) is 194 cm³/mol. The van der Waals surface area contributed by atoms with Gasteiger partial charge in [0.05, 0.1) is 30.3 Å². The molecule has 2 aliphatic heterocycles. The van der Waals surface area contributed by atoms with Crippen LogP contribution in [0.3, 0.4) is 0 Å². The Morgan fingerprint density at radius 1 is 1.18 bits per heavy atom. The van der Waals surface area contributed by atoms with E-state index in [0.29, 0.717) is 44.2 Å². The lowest BCUT2D eigenvalue weighted by Gasteiger charge is -2.42. The predicted octanol–water partition coefficient (Wildman–Crippen LogP) is 5.90. The third-order valence-corrected chi connectivity index (χ3v) is 12.3. The van der Waals surface area contributed by atoms with Gasteiger partial charge in [-0.05, 0) is 85.4 Å². The molecule has 1 aromatic heterocycles. The van der Waals surface area contributed by atoms with Crippen LogP contribution in [-0.4, -0.2) is 71.1 Å². The topological polar surface area (TPSA) is 124 Å². The van der Waals surface area contributed by atoms with Crippen LogP contribution in [0.5, 0.6) is 11.6 Å². The molecule has 0 saturated heterocycles. The molecule has 2 bridgehead atoms. The van der Waals surface area contributed by atoms with E-state index >= 15 is 0 Å². The average molecular weight is 724 g/mol. The van der Waals surface area contributed by atoms with Crippen molar-refractivity contribution in [2.75, 3.05) is 44.1 Å². The first-order chi connectivity index (χ1) is 24.0. The lowest BCUT2D eigenvalue weighted by Crippen LogP contribution is -2.47. The van der Waals surface area contributed by atoms with Crippen molar-refractivity contribution in [3.63, 3.8) is 0 Å². The summed E-state index contributed by atoms with van der Waals surface area (Å²) in [6.45, 7) is 5.88. The first kappa shape index (κ1) is 35.9. The van der Waals surface area contributed by atoms with Crippen molar-refractivity contribution in [2.24, 2.45) is 23.2 Å². The van der Waals surface area contributed by atoms with Crippen molar-refractivity contribution in [1.82, 2.24) is 14.5 Å². The molecule has 3 aromatic rings. The van der Waals surface area contributed by atoms with Gasteiger partial charge in [0, 0.05) is 49.3 Å². The highest BCUT2D eigenvalue weighted by molar-refractivity contribution is 7.92. The largest absolute Gasteiger partial charge is 0.490 e. The number of aryl methyl sites for hydroxylation is 2. The smallest absolute Gasteiger partial charge is 0.286 e. The number of fused-ring (bicyclic) bond motifs is 3. The van der Waals surface area contributed by atoms with Gasteiger partial charge >= 0.3 is 0 Å². The molecule has 2 aromatic carbocycles. The molecular formula is C37H46ClN5O6S. The third-order valence-electron chi connectivity index (χ3n) is 10.2. The zero-order valence-corrected chi connectivity index (χ0v) is 30.7. The van der Waals surface area contributed by atoms with Gasteiger partial charge < -0.3 is 19.1 Å². The molecule has 6 rings (SSSR count). The number of methoxy groups -OCH3 is 1. The van der Waals surface area contributed by atoms with E-state index in [1.165, 1.54) is 15.8 Å². The van der Waals surface area contributed by atoms with Crippen molar-refractivity contribution in [3.8, 4) is 11.6 Å². The standard InChI is InChI=1S/C37H46ClN5O6S/c1-25-21-43-23-37(16-8-9-27-19-29(38)12-13-30(27)37)24-49-33-14-11-28(20-31(33)43)36(45)41-50(46,18-7-5-6-10-32(47-4)26(25)2)40-34(44)22-48-35-15-17-39-42(35)3/h6,10-15,17,19-20,25-26,32H,5,7-9,16,18,21-24H2,1-4H3,(H,40,41,44,45,46)/b10-6+/t25-,26+,32-,37-,50?/m0/s1. The number of allylic oxidation sites excluding steroid dienone is 1. The van der Waals surface area contributed by atoms with E-state index in [-0.39, 0.29) is 34.7 Å². The average Bonchev–Trinajstić information content (AvgIpc) is 3.44. The second-order valence-electron chi connectivity index (χ2n) is 13.7. The number of aromatic nitrogens is 2. The van der Waals surface area contributed by atoms with Gasteiger partial charge in [0.25, 0.3) is 11.8 Å². The first-order valence-electron chi connectivity index (χ1n) is 17.2. The van der Waals surface area contributed by atoms with Gasteiger partial charge in [-0.25, -0.2) is 8.89 Å². The maximum atomic E-state index is 14.2. The summed E-state index contributed by atoms with van der Waals surface area (Å²) in [5, 5.41) is 4.75. The summed E-state index contributed by atoms with van der Waals surface area (Å²) in [5.41, 5.74) is 3.25. The molecular weight excluding hydrogens is 678 g/mol. The van der Waals surface area contributed by atoms with Crippen LogP contribution in [0.15, 0.2) is 65.2 Å². The number of nitrogens with one attached hydrogen (secondary N) is 1. The number of amides is 2. The summed E-state index contributed by atoms with van der Waals surface area (Å²) in [6, 6.07) is 13.0. The Kier molecular flexibility index (Phi) is 10.9. The molecule has 1 spiro atoms. The summed E-state index contributed by atoms with van der Waals surface area (Å²) in [7, 11) is -0.0994. The summed E-state index contributed by atoms with van der Waals surface area (Å²) in [6.07, 6.45) is 9.39. The number of benzene rings is 2. The molecule has 1 N–H and O–H groups in total. The summed E-state index contributed by atoms with van der Waals surface area (Å²) in [5.74, 6) is 0.0716. The minimum absolute atomic E-state index is 0.0176. The van der Waals surface area contributed by atoms with E-state index in [0.717, 1.165) is 30.0 Å². The molecule has 268 valence electrons. The zero-order valence-electron chi connectivity index (χ0n) is 29.1. The van der Waals surface area contributed by atoms with Gasteiger partial charge in [0.1, 0.15) is 15.7 Å². The van der Waals surface area contributed by atoms with Crippen molar-refractivity contribution >= 4 is 39.0 Å². The van der Waals surface area contributed by atoms with Crippen LogP contribution >= 0.6 is 11.6 Å². The lowest BCUT2D eigenvalue weighted by molar-refractivity contribution is -0.121. The van der Waals surface area contributed by atoms with Crippen molar-refractivity contribution in [3.05, 3.63) is 82.5 Å². The van der Waals surface area contributed by atoms with Gasteiger partial charge in [-0.3, -0.25) is 14.3 Å². The Morgan fingerprint density at radius 2 is 2.02 bits per heavy atom. The van der Waals surface area contributed by atoms with E-state index in [1.807, 2.05) is 12.1 Å². The molecule has 0 saturated carbocycles. The first-order valence-corrected chi connectivity index (χ1v) is 19.3. The molecule has 0 radical (unpaired) electrons. The maximum Gasteiger partial charge on any atom is 0.286 e. The molecule has 50 heavy (non-hydrogen) atoms. The van der Waals surface area contributed by atoms with Gasteiger partial charge in [-0.2, -0.15) is 5.10 Å². The normalized spacial score (nSPS) is 27.7. The number of halogens is 1. The van der Waals surface area contributed by atoms with Crippen molar-refractivity contribution in [2.45, 2.75) is 57.5 Å². The van der Waals surface area contributed by atoms with Crippen LogP contribution in [0.1, 0.15) is 61.0 Å². The molecule has 0 fully saturated rings. The number of ether oxygens (including phenoxy) is 3. The zero-order chi connectivity index (χ0) is 35.5. The van der Waals surface area contributed by atoms with Gasteiger partial charge in [-0.15, -0.1) is 4.36 Å². The van der Waals surface area contributed by atoms with E-state index in [9.17, 15) is 13.8 Å². The van der Waals surface area contributed by atoms with Crippen LogP contribution in [0, 0.1) is 11.8 Å². The van der Waals surface area contributed by atoms with Crippen molar-refractivity contribution in [1.29, 1.82) is 0 Å². The maximum absolute atomic E-state index is 14.2. The van der Waals surface area contributed by atoms with E-state index in [4.69, 9.17) is 25.8 Å². The molecule has 1 aliphatic carbocycles. The lowest BCUT2D eigenvalue weighted by atomic mass is 9.70. The highest BCUT2D eigenvalue weighted by Crippen LogP contribution is 2.45. The number of rotatable bonds is 5. The van der Waals surface area contributed by atoms with Gasteiger partial charge in [0.15, 0.2) is 6.61 Å². The van der Waals surface area contributed by atoms with Gasteiger partial charge in [-0.1, -0.05) is 43.7 Å². The number of carbonyl (C=O) groups is 2. The fraction of sp³-hybridized carbons (Fsp3) is 0.486. The molecule has 2 amide bonds. The minimum atomic E-state index is -3.50. The fourth-order valence-electron chi connectivity index (χ4n) is 7.34. The van der Waals surface area contributed by atoms with Crippen LogP contribution in [-0.2, 0) is 38.3 Å². The highest BCUT2D eigenvalue weighted by Gasteiger charge is 2.42.